The monoisotopic (exact) mass is 228 g/mol. The fourth-order valence-corrected chi connectivity index (χ4v) is 2.39. The fourth-order valence-electron chi connectivity index (χ4n) is 2.39. The quantitative estimate of drug-likeness (QED) is 0.670. The van der Waals surface area contributed by atoms with E-state index >= 15 is 0 Å². The lowest BCUT2D eigenvalue weighted by atomic mass is 10.3. The van der Waals surface area contributed by atoms with Gasteiger partial charge in [0.25, 0.3) is 19.2 Å². The van der Waals surface area contributed by atoms with E-state index in [9.17, 15) is 9.59 Å². The highest BCUT2D eigenvalue weighted by Gasteiger charge is 2.25. The highest BCUT2D eigenvalue weighted by Crippen LogP contribution is 2.22. The summed E-state index contributed by atoms with van der Waals surface area (Å²) in [4.78, 5) is 23.6. The summed E-state index contributed by atoms with van der Waals surface area (Å²) in [6.45, 7) is 0.632. The molecule has 0 fully saturated rings. The van der Waals surface area contributed by atoms with Crippen LogP contribution in [0, 0.1) is 0 Å². The molecule has 0 amide bonds. The predicted molar refractivity (Wildman–Crippen MR) is 63.2 cm³/mol. The molecule has 0 aromatic carbocycles. The van der Waals surface area contributed by atoms with Crippen molar-refractivity contribution >= 4 is 19.1 Å². The van der Waals surface area contributed by atoms with Crippen molar-refractivity contribution in [3.8, 4) is 0 Å². The van der Waals surface area contributed by atoms with Crippen molar-refractivity contribution in [3.63, 3.8) is 0 Å². The normalized spacial score (nSPS) is 17.8. The van der Waals surface area contributed by atoms with E-state index in [0.717, 1.165) is 5.39 Å². The molecular weight excluding hydrogens is 219 g/mol. The summed E-state index contributed by atoms with van der Waals surface area (Å²) in [5.74, 6) is 0. The van der Waals surface area contributed by atoms with Crippen LogP contribution in [0.15, 0.2) is 33.9 Å². The van der Waals surface area contributed by atoms with Crippen molar-refractivity contribution in [2.45, 2.75) is 12.6 Å². The zero-order valence-electron chi connectivity index (χ0n) is 9.00. The molecule has 2 radical (unpaired) electrons. The smallest absolute Gasteiger partial charge is 0.282 e. The molecular formula is C11H9BN2O3. The minimum atomic E-state index is -0.216. The molecule has 2 aromatic heterocycles. The Morgan fingerprint density at radius 2 is 1.94 bits per heavy atom. The third kappa shape index (κ3) is 1.37. The third-order valence-electron chi connectivity index (χ3n) is 3.10. The molecule has 3 rings (SSSR count). The van der Waals surface area contributed by atoms with Crippen molar-refractivity contribution in [2.75, 3.05) is 6.61 Å². The van der Waals surface area contributed by atoms with Gasteiger partial charge in [0.1, 0.15) is 5.65 Å². The van der Waals surface area contributed by atoms with Crippen molar-refractivity contribution < 1.29 is 4.65 Å². The van der Waals surface area contributed by atoms with Crippen LogP contribution in [0.3, 0.4) is 0 Å². The van der Waals surface area contributed by atoms with Gasteiger partial charge in [-0.2, -0.15) is 0 Å². The van der Waals surface area contributed by atoms with Crippen LogP contribution in [0.1, 0.15) is 6.04 Å². The molecule has 1 aliphatic rings. The number of rotatable bonds is 2. The molecule has 1 unspecified atom stereocenters. The largest absolute Gasteiger partial charge is 0.445 e. The molecule has 0 spiro atoms. The van der Waals surface area contributed by atoms with E-state index in [1.54, 1.807) is 21.3 Å². The first kappa shape index (κ1) is 10.3. The van der Waals surface area contributed by atoms with Crippen LogP contribution in [-0.2, 0) is 11.2 Å². The van der Waals surface area contributed by atoms with E-state index in [-0.39, 0.29) is 23.8 Å². The second kappa shape index (κ2) is 3.60. The van der Waals surface area contributed by atoms with E-state index in [0.29, 0.717) is 12.2 Å². The molecule has 0 saturated heterocycles. The molecule has 0 N–H and O–H groups in total. The molecule has 0 bridgehead atoms. The van der Waals surface area contributed by atoms with E-state index in [2.05, 4.69) is 4.65 Å². The lowest BCUT2D eigenvalue weighted by Gasteiger charge is -2.11. The maximum Gasteiger partial charge on any atom is 0.282 e. The number of nitrogens with zero attached hydrogens (tertiary/aromatic N) is 2. The highest BCUT2D eigenvalue weighted by molar-refractivity contribution is 5.97. The summed E-state index contributed by atoms with van der Waals surface area (Å²) in [5, 5.41) is 0.865. The van der Waals surface area contributed by atoms with E-state index in [4.69, 9.17) is 8.05 Å². The van der Waals surface area contributed by atoms with Gasteiger partial charge in [0.05, 0.1) is 12.6 Å². The van der Waals surface area contributed by atoms with Crippen LogP contribution < -0.4 is 11.1 Å². The molecule has 84 valence electrons. The second-order valence-electron chi connectivity index (χ2n) is 4.09. The molecule has 0 saturated carbocycles. The van der Waals surface area contributed by atoms with Crippen molar-refractivity contribution in [1.29, 1.82) is 0 Å². The van der Waals surface area contributed by atoms with Gasteiger partial charge in [-0.25, -0.2) is 0 Å². The van der Waals surface area contributed by atoms with Gasteiger partial charge in [0.15, 0.2) is 0 Å². The standard InChI is InChI=1S/C11H9BN2O3/c12-17-6-8-5-13-9(15)3-1-7-2-4-10(16)14(8)11(7)13/h1-4,8H,5-6H2. The predicted octanol–water partition coefficient (Wildman–Crippen LogP) is -0.182. The summed E-state index contributed by atoms with van der Waals surface area (Å²) < 4.78 is 7.76. The zero-order chi connectivity index (χ0) is 12.0. The maximum atomic E-state index is 11.8. The minimum absolute atomic E-state index is 0.114. The maximum absolute atomic E-state index is 11.8. The van der Waals surface area contributed by atoms with Gasteiger partial charge in [-0.3, -0.25) is 18.7 Å². The first-order chi connectivity index (χ1) is 8.22. The Hall–Kier alpha value is -1.82. The van der Waals surface area contributed by atoms with Gasteiger partial charge in [0, 0.05) is 24.1 Å². The summed E-state index contributed by atoms with van der Waals surface area (Å²) in [6, 6.07) is 6.21. The minimum Gasteiger partial charge on any atom is -0.445 e. The van der Waals surface area contributed by atoms with Crippen molar-refractivity contribution in [2.24, 2.45) is 0 Å². The van der Waals surface area contributed by atoms with Gasteiger partial charge in [-0.15, -0.1) is 0 Å². The summed E-state index contributed by atoms with van der Waals surface area (Å²) >= 11 is 0. The number of aromatic nitrogens is 2. The average molecular weight is 228 g/mol. The molecule has 1 aliphatic heterocycles. The topological polar surface area (TPSA) is 53.2 Å². The Morgan fingerprint density at radius 1 is 1.24 bits per heavy atom. The number of hydrogen-bond donors (Lipinski definition) is 0. The highest BCUT2D eigenvalue weighted by atomic mass is 16.4. The number of pyridine rings is 2. The second-order valence-corrected chi connectivity index (χ2v) is 4.09. The van der Waals surface area contributed by atoms with Crippen molar-refractivity contribution in [1.82, 2.24) is 9.13 Å². The fraction of sp³-hybridized carbons (Fsp3) is 0.273. The Labute approximate surface area is 97.7 Å². The van der Waals surface area contributed by atoms with E-state index < -0.39 is 0 Å². The molecule has 6 heteroatoms. The molecule has 0 aliphatic carbocycles. The lowest BCUT2D eigenvalue weighted by molar-refractivity contribution is 0.266. The van der Waals surface area contributed by atoms with E-state index in [1.165, 1.54) is 12.1 Å². The molecule has 3 heterocycles. The third-order valence-corrected chi connectivity index (χ3v) is 3.10. The SMILES string of the molecule is [B]OCC1Cn2c(=O)ccc3ccc(=O)n1c32. The first-order valence-corrected chi connectivity index (χ1v) is 5.29. The van der Waals surface area contributed by atoms with Gasteiger partial charge in [0.2, 0.25) is 0 Å². The van der Waals surface area contributed by atoms with Crippen molar-refractivity contribution in [3.05, 3.63) is 45.0 Å². The molecule has 17 heavy (non-hydrogen) atoms. The Bertz CT molecular complexity index is 699. The summed E-state index contributed by atoms with van der Waals surface area (Å²) in [6.07, 6.45) is 0. The van der Waals surface area contributed by atoms with Gasteiger partial charge in [-0.05, 0) is 12.1 Å². The Morgan fingerprint density at radius 3 is 2.65 bits per heavy atom. The van der Waals surface area contributed by atoms with Crippen LogP contribution >= 0.6 is 0 Å². The van der Waals surface area contributed by atoms with Crippen LogP contribution in [0.25, 0.3) is 11.0 Å². The van der Waals surface area contributed by atoms with Gasteiger partial charge in [-0.1, -0.05) is 0 Å². The Balaban J connectivity index is 2.40. The lowest BCUT2D eigenvalue weighted by Crippen LogP contribution is -2.24. The first-order valence-electron chi connectivity index (χ1n) is 5.29. The van der Waals surface area contributed by atoms with Crippen LogP contribution in [-0.4, -0.2) is 23.8 Å². The molecule has 2 aromatic rings. The van der Waals surface area contributed by atoms with Crippen LogP contribution in [0.2, 0.25) is 0 Å². The van der Waals surface area contributed by atoms with Crippen LogP contribution in [0.4, 0.5) is 0 Å². The molecule has 5 nitrogen and oxygen atoms in total. The zero-order valence-corrected chi connectivity index (χ0v) is 9.00. The summed E-state index contributed by atoms with van der Waals surface area (Å²) in [7, 11) is 5.06. The van der Waals surface area contributed by atoms with E-state index in [1.807, 2.05) is 0 Å². The number of hydrogen-bond acceptors (Lipinski definition) is 3. The van der Waals surface area contributed by atoms with Gasteiger partial charge >= 0.3 is 0 Å². The average Bonchev–Trinajstić information content (AvgIpc) is 2.69. The van der Waals surface area contributed by atoms with Crippen LogP contribution in [0.5, 0.6) is 0 Å². The summed E-state index contributed by atoms with van der Waals surface area (Å²) in [5.41, 5.74) is 0.389. The van der Waals surface area contributed by atoms with Gasteiger partial charge < -0.3 is 4.65 Å². The Kier molecular flexibility index (Phi) is 2.19. The molecule has 1 atom stereocenters.